The van der Waals surface area contributed by atoms with E-state index in [9.17, 15) is 18.0 Å². The fourth-order valence-corrected chi connectivity index (χ4v) is 3.94. The van der Waals surface area contributed by atoms with E-state index in [4.69, 9.17) is 4.74 Å². The number of benzene rings is 1. The van der Waals surface area contributed by atoms with Crippen molar-refractivity contribution in [1.29, 1.82) is 0 Å². The van der Waals surface area contributed by atoms with Gasteiger partial charge in [0.2, 0.25) is 11.7 Å². The number of nitrogens with zero attached hydrogens (tertiary/aromatic N) is 3. The molecule has 1 aliphatic rings. The van der Waals surface area contributed by atoms with Crippen LogP contribution in [-0.4, -0.2) is 48.0 Å². The van der Waals surface area contributed by atoms with Crippen LogP contribution in [0.15, 0.2) is 43.2 Å². The van der Waals surface area contributed by atoms with Crippen LogP contribution < -0.4 is 15.0 Å². The maximum Gasteiger partial charge on any atom is 0.278 e. The standard InChI is InChI=1S/C25H31F3N4O2/c1-4-12-29-23(33)17(2)20-9-7-18(8-10-20)5-6-19-11-13-32(14-19)22-21(26)24(31-16-30-22)34-15-25(3,27)28/h4,7-10,16-17,19H,1,5-6,11-15H2,2-3H3,(H,29,33)/t17?,19-/m1/s1. The summed E-state index contributed by atoms with van der Waals surface area (Å²) in [6.07, 6.45) is 5.45. The van der Waals surface area contributed by atoms with Crippen molar-refractivity contribution in [2.75, 3.05) is 31.1 Å². The molecule has 1 aromatic heterocycles. The number of carbonyl (C=O) groups excluding carboxylic acids is 1. The molecule has 0 radical (unpaired) electrons. The van der Waals surface area contributed by atoms with Crippen molar-refractivity contribution in [2.45, 2.75) is 45.0 Å². The van der Waals surface area contributed by atoms with Crippen LogP contribution in [-0.2, 0) is 11.2 Å². The van der Waals surface area contributed by atoms with E-state index in [1.54, 1.807) is 6.08 Å². The van der Waals surface area contributed by atoms with Gasteiger partial charge in [-0.05, 0) is 43.2 Å². The second kappa shape index (κ2) is 11.4. The first-order valence-electron chi connectivity index (χ1n) is 11.4. The van der Waals surface area contributed by atoms with Gasteiger partial charge < -0.3 is 15.0 Å². The van der Waals surface area contributed by atoms with Crippen molar-refractivity contribution in [1.82, 2.24) is 15.3 Å². The first-order valence-corrected chi connectivity index (χ1v) is 11.4. The van der Waals surface area contributed by atoms with Crippen LogP contribution in [0.4, 0.5) is 19.0 Å². The zero-order valence-electron chi connectivity index (χ0n) is 19.6. The Kier molecular flexibility index (Phi) is 8.52. The van der Waals surface area contributed by atoms with Gasteiger partial charge in [0.05, 0.1) is 5.92 Å². The number of anilines is 1. The molecule has 0 aliphatic carbocycles. The van der Waals surface area contributed by atoms with Gasteiger partial charge in [0.25, 0.3) is 11.8 Å². The molecular weight excluding hydrogens is 445 g/mol. The molecule has 0 saturated carbocycles. The fourth-order valence-electron chi connectivity index (χ4n) is 3.94. The van der Waals surface area contributed by atoms with Crippen LogP contribution in [0.25, 0.3) is 0 Å². The molecule has 184 valence electrons. The van der Waals surface area contributed by atoms with Gasteiger partial charge in [0.15, 0.2) is 12.4 Å². The number of carbonyl (C=O) groups is 1. The Morgan fingerprint density at radius 3 is 2.76 bits per heavy atom. The molecule has 9 heteroatoms. The molecule has 1 saturated heterocycles. The van der Waals surface area contributed by atoms with Gasteiger partial charge in [-0.25, -0.2) is 13.8 Å². The van der Waals surface area contributed by atoms with Gasteiger partial charge >= 0.3 is 0 Å². The number of halogens is 3. The summed E-state index contributed by atoms with van der Waals surface area (Å²) in [5.74, 6) is -4.19. The van der Waals surface area contributed by atoms with Crippen molar-refractivity contribution in [3.8, 4) is 5.88 Å². The number of hydrogen-bond acceptors (Lipinski definition) is 5. The predicted octanol–water partition coefficient (Wildman–Crippen LogP) is 4.51. The maximum absolute atomic E-state index is 14.7. The normalized spacial score (nSPS) is 16.9. The average molecular weight is 477 g/mol. The third kappa shape index (κ3) is 6.95. The number of hydrogen-bond donors (Lipinski definition) is 1. The van der Waals surface area contributed by atoms with E-state index < -0.39 is 24.2 Å². The summed E-state index contributed by atoms with van der Waals surface area (Å²) < 4.78 is 45.7. The summed E-state index contributed by atoms with van der Waals surface area (Å²) in [5.41, 5.74) is 2.13. The summed E-state index contributed by atoms with van der Waals surface area (Å²) in [7, 11) is 0. The molecule has 1 N–H and O–H groups in total. The van der Waals surface area contributed by atoms with E-state index in [1.165, 1.54) is 5.56 Å². The van der Waals surface area contributed by atoms with Gasteiger partial charge in [0, 0.05) is 26.6 Å². The highest BCUT2D eigenvalue weighted by molar-refractivity contribution is 5.83. The monoisotopic (exact) mass is 476 g/mol. The van der Waals surface area contributed by atoms with E-state index in [-0.39, 0.29) is 17.6 Å². The third-order valence-electron chi connectivity index (χ3n) is 5.92. The largest absolute Gasteiger partial charge is 0.469 e. The van der Waals surface area contributed by atoms with Gasteiger partial charge in [0.1, 0.15) is 6.33 Å². The number of nitrogens with one attached hydrogen (secondary N) is 1. The Bertz CT molecular complexity index is 979. The van der Waals surface area contributed by atoms with Crippen LogP contribution in [0.3, 0.4) is 0 Å². The molecule has 1 aromatic carbocycles. The molecule has 1 unspecified atom stereocenters. The highest BCUT2D eigenvalue weighted by Gasteiger charge is 2.29. The topological polar surface area (TPSA) is 67.4 Å². The van der Waals surface area contributed by atoms with Crippen molar-refractivity contribution >= 4 is 11.7 Å². The molecule has 34 heavy (non-hydrogen) atoms. The van der Waals surface area contributed by atoms with Crippen LogP contribution >= 0.6 is 0 Å². The zero-order chi connectivity index (χ0) is 24.7. The third-order valence-corrected chi connectivity index (χ3v) is 5.92. The van der Waals surface area contributed by atoms with Crippen LogP contribution in [0.2, 0.25) is 0 Å². The number of amides is 1. The van der Waals surface area contributed by atoms with Gasteiger partial charge in [-0.15, -0.1) is 6.58 Å². The lowest BCUT2D eigenvalue weighted by Gasteiger charge is -2.19. The Morgan fingerprint density at radius 1 is 1.35 bits per heavy atom. The molecule has 3 rings (SSSR count). The number of aromatic nitrogens is 2. The summed E-state index contributed by atoms with van der Waals surface area (Å²) in [6, 6.07) is 8.03. The Labute approximate surface area is 198 Å². The second-order valence-electron chi connectivity index (χ2n) is 8.81. The lowest BCUT2D eigenvalue weighted by Crippen LogP contribution is -2.27. The van der Waals surface area contributed by atoms with E-state index in [0.29, 0.717) is 32.5 Å². The SMILES string of the molecule is C=CCNC(=O)C(C)c1ccc(CC[C@@H]2CCN(c3ncnc(OCC(C)(F)F)c3F)C2)cc1. The van der Waals surface area contributed by atoms with E-state index in [0.717, 1.165) is 31.2 Å². The number of alkyl halides is 2. The number of aryl methyl sites for hydroxylation is 1. The summed E-state index contributed by atoms with van der Waals surface area (Å²) in [5, 5.41) is 2.81. The summed E-state index contributed by atoms with van der Waals surface area (Å²) >= 11 is 0. The minimum atomic E-state index is -3.08. The Hall–Kier alpha value is -3.10. The van der Waals surface area contributed by atoms with Crippen LogP contribution in [0.1, 0.15) is 43.7 Å². The molecule has 2 aromatic rings. The molecular formula is C25H31F3N4O2. The van der Waals surface area contributed by atoms with Gasteiger partial charge in [-0.1, -0.05) is 30.3 Å². The number of rotatable bonds is 11. The molecule has 2 atom stereocenters. The van der Waals surface area contributed by atoms with E-state index >= 15 is 0 Å². The minimum Gasteiger partial charge on any atom is -0.469 e. The van der Waals surface area contributed by atoms with Crippen molar-refractivity contribution < 1.29 is 22.7 Å². The fraction of sp³-hybridized carbons (Fsp3) is 0.480. The Balaban J connectivity index is 1.52. The van der Waals surface area contributed by atoms with Crippen molar-refractivity contribution in [3.63, 3.8) is 0 Å². The maximum atomic E-state index is 14.7. The molecule has 0 bridgehead atoms. The summed E-state index contributed by atoms with van der Waals surface area (Å²) in [6.45, 7) is 6.92. The van der Waals surface area contributed by atoms with Crippen molar-refractivity contribution in [2.24, 2.45) is 5.92 Å². The molecule has 2 heterocycles. The van der Waals surface area contributed by atoms with E-state index in [2.05, 4.69) is 21.9 Å². The molecule has 1 fully saturated rings. The lowest BCUT2D eigenvalue weighted by atomic mass is 9.95. The minimum absolute atomic E-state index is 0.0346. The first-order chi connectivity index (χ1) is 16.2. The predicted molar refractivity (Wildman–Crippen MR) is 125 cm³/mol. The lowest BCUT2D eigenvalue weighted by molar-refractivity contribution is -0.122. The Morgan fingerprint density at radius 2 is 2.09 bits per heavy atom. The van der Waals surface area contributed by atoms with E-state index in [1.807, 2.05) is 36.1 Å². The second-order valence-corrected chi connectivity index (χ2v) is 8.81. The summed E-state index contributed by atoms with van der Waals surface area (Å²) in [4.78, 5) is 21.6. The average Bonchev–Trinajstić information content (AvgIpc) is 3.28. The zero-order valence-corrected chi connectivity index (χ0v) is 19.6. The molecule has 1 aliphatic heterocycles. The smallest absolute Gasteiger partial charge is 0.278 e. The van der Waals surface area contributed by atoms with Crippen LogP contribution in [0, 0.1) is 11.7 Å². The van der Waals surface area contributed by atoms with Gasteiger partial charge in [-0.2, -0.15) is 9.37 Å². The first kappa shape index (κ1) is 25.5. The quantitative estimate of drug-likeness (QED) is 0.483. The highest BCUT2D eigenvalue weighted by atomic mass is 19.3. The molecule has 0 spiro atoms. The van der Waals surface area contributed by atoms with Crippen molar-refractivity contribution in [3.05, 3.63) is 60.2 Å². The number of ether oxygens (including phenoxy) is 1. The van der Waals surface area contributed by atoms with Crippen LogP contribution in [0.5, 0.6) is 5.88 Å². The molecule has 1 amide bonds. The highest BCUT2D eigenvalue weighted by Crippen LogP contribution is 2.30. The molecule has 6 nitrogen and oxygen atoms in total. The van der Waals surface area contributed by atoms with Gasteiger partial charge in [-0.3, -0.25) is 4.79 Å².